The molecular formula is C18H20O4. The summed E-state index contributed by atoms with van der Waals surface area (Å²) < 4.78 is 15.3. The molecule has 0 aliphatic heterocycles. The van der Waals surface area contributed by atoms with Crippen LogP contribution < -0.4 is 4.74 Å². The van der Waals surface area contributed by atoms with Crippen LogP contribution in [-0.4, -0.2) is 33.4 Å². The van der Waals surface area contributed by atoms with Gasteiger partial charge in [-0.15, -0.1) is 0 Å². The predicted octanol–water partition coefficient (Wildman–Crippen LogP) is 3.56. The third-order valence-electron chi connectivity index (χ3n) is 3.26. The van der Waals surface area contributed by atoms with Crippen molar-refractivity contribution in [1.82, 2.24) is 0 Å². The third-order valence-corrected chi connectivity index (χ3v) is 3.26. The molecule has 0 radical (unpaired) electrons. The van der Waals surface area contributed by atoms with Crippen LogP contribution in [0.2, 0.25) is 0 Å². The first-order chi connectivity index (χ1) is 10.7. The molecule has 0 heterocycles. The maximum atomic E-state index is 11.4. The maximum Gasteiger partial charge on any atom is 0.337 e. The van der Waals surface area contributed by atoms with E-state index >= 15 is 0 Å². The average Bonchev–Trinajstić information content (AvgIpc) is 2.59. The maximum absolute atomic E-state index is 11.4. The zero-order valence-corrected chi connectivity index (χ0v) is 12.9. The highest BCUT2D eigenvalue weighted by atomic mass is 16.5. The molecule has 0 saturated carbocycles. The molecule has 116 valence electrons. The highest BCUT2D eigenvalue weighted by molar-refractivity contribution is 5.89. The zero-order chi connectivity index (χ0) is 15.8. The molecule has 2 rings (SSSR count). The molecule has 0 spiro atoms. The highest BCUT2D eigenvalue weighted by Crippen LogP contribution is 2.23. The van der Waals surface area contributed by atoms with Gasteiger partial charge in [0.15, 0.2) is 0 Å². The molecule has 0 aliphatic carbocycles. The van der Waals surface area contributed by atoms with Crippen molar-refractivity contribution in [2.24, 2.45) is 0 Å². The Hall–Kier alpha value is -2.33. The fourth-order valence-electron chi connectivity index (χ4n) is 2.05. The molecule has 0 unspecified atom stereocenters. The Bertz CT molecular complexity index is 587. The fraction of sp³-hybridized carbons (Fsp3) is 0.278. The molecule has 2 aromatic rings. The number of carbonyl (C=O) groups excluding carboxylic acids is 1. The van der Waals surface area contributed by atoms with E-state index < -0.39 is 0 Å². The molecule has 0 fully saturated rings. The van der Waals surface area contributed by atoms with Gasteiger partial charge >= 0.3 is 5.97 Å². The van der Waals surface area contributed by atoms with Crippen molar-refractivity contribution in [3.63, 3.8) is 0 Å². The second-order valence-corrected chi connectivity index (χ2v) is 4.79. The lowest BCUT2D eigenvalue weighted by atomic mass is 10.0. The Morgan fingerprint density at radius 3 is 2.00 bits per heavy atom. The predicted molar refractivity (Wildman–Crippen MR) is 85.2 cm³/mol. The number of hydrogen-bond donors (Lipinski definition) is 0. The van der Waals surface area contributed by atoms with Crippen molar-refractivity contribution >= 4 is 5.97 Å². The van der Waals surface area contributed by atoms with E-state index in [1.54, 1.807) is 19.2 Å². The Morgan fingerprint density at radius 1 is 0.864 bits per heavy atom. The van der Waals surface area contributed by atoms with Gasteiger partial charge in [0.05, 0.1) is 19.3 Å². The van der Waals surface area contributed by atoms with Gasteiger partial charge in [0.1, 0.15) is 5.75 Å². The van der Waals surface area contributed by atoms with E-state index in [-0.39, 0.29) is 5.97 Å². The summed E-state index contributed by atoms with van der Waals surface area (Å²) >= 11 is 0. The minimum Gasteiger partial charge on any atom is -0.494 e. The molecule has 0 amide bonds. The standard InChI is InChI=1S/C18H20O4/c1-20-12-3-13-22-17-10-8-15(9-11-17)14-4-6-16(7-5-14)18(19)21-2/h4-11H,3,12-13H2,1-2H3. The van der Waals surface area contributed by atoms with Crippen LogP contribution in [0, 0.1) is 0 Å². The Labute approximate surface area is 130 Å². The molecule has 4 nitrogen and oxygen atoms in total. The number of carbonyl (C=O) groups is 1. The molecule has 4 heteroatoms. The molecule has 22 heavy (non-hydrogen) atoms. The molecule has 0 saturated heterocycles. The van der Waals surface area contributed by atoms with Crippen LogP contribution in [0.25, 0.3) is 11.1 Å². The van der Waals surface area contributed by atoms with Gasteiger partial charge in [-0.2, -0.15) is 0 Å². The average molecular weight is 300 g/mol. The van der Waals surface area contributed by atoms with E-state index in [1.165, 1.54) is 7.11 Å². The van der Waals surface area contributed by atoms with E-state index in [0.717, 1.165) is 23.3 Å². The van der Waals surface area contributed by atoms with Gasteiger partial charge in [-0.3, -0.25) is 0 Å². The molecule has 0 bridgehead atoms. The first-order valence-electron chi connectivity index (χ1n) is 7.15. The van der Waals surface area contributed by atoms with Gasteiger partial charge in [-0.1, -0.05) is 24.3 Å². The summed E-state index contributed by atoms with van der Waals surface area (Å²) in [6, 6.07) is 15.2. The molecule has 0 aliphatic rings. The SMILES string of the molecule is COCCCOc1ccc(-c2ccc(C(=O)OC)cc2)cc1. The van der Waals surface area contributed by atoms with Gasteiger partial charge < -0.3 is 14.2 Å². The number of methoxy groups -OCH3 is 2. The van der Waals surface area contributed by atoms with Crippen LogP contribution in [0.3, 0.4) is 0 Å². The fourth-order valence-corrected chi connectivity index (χ4v) is 2.05. The largest absolute Gasteiger partial charge is 0.494 e. The van der Waals surface area contributed by atoms with Crippen LogP contribution in [0.5, 0.6) is 5.75 Å². The van der Waals surface area contributed by atoms with E-state index in [9.17, 15) is 4.79 Å². The van der Waals surface area contributed by atoms with Crippen molar-refractivity contribution in [3.8, 4) is 16.9 Å². The zero-order valence-electron chi connectivity index (χ0n) is 12.9. The van der Waals surface area contributed by atoms with Gasteiger partial charge in [0, 0.05) is 20.1 Å². The van der Waals surface area contributed by atoms with E-state index in [0.29, 0.717) is 18.8 Å². The van der Waals surface area contributed by atoms with Crippen molar-refractivity contribution in [3.05, 3.63) is 54.1 Å². The molecule has 2 aromatic carbocycles. The van der Waals surface area contributed by atoms with E-state index in [4.69, 9.17) is 9.47 Å². The number of rotatable bonds is 7. The van der Waals surface area contributed by atoms with Crippen molar-refractivity contribution in [2.45, 2.75) is 6.42 Å². The topological polar surface area (TPSA) is 44.8 Å². The minimum absolute atomic E-state index is 0.327. The van der Waals surface area contributed by atoms with Gasteiger partial charge in [-0.25, -0.2) is 4.79 Å². The summed E-state index contributed by atoms with van der Waals surface area (Å²) in [5.74, 6) is 0.511. The molecule has 0 aromatic heterocycles. The summed E-state index contributed by atoms with van der Waals surface area (Å²) in [5.41, 5.74) is 2.66. The normalized spacial score (nSPS) is 10.3. The second kappa shape index (κ2) is 8.20. The lowest BCUT2D eigenvalue weighted by Crippen LogP contribution is -2.01. The second-order valence-electron chi connectivity index (χ2n) is 4.79. The number of ether oxygens (including phenoxy) is 3. The Balaban J connectivity index is 1.99. The van der Waals surface area contributed by atoms with E-state index in [2.05, 4.69) is 4.74 Å². The summed E-state index contributed by atoms with van der Waals surface area (Å²) in [6.07, 6.45) is 0.868. The summed E-state index contributed by atoms with van der Waals surface area (Å²) in [4.78, 5) is 11.4. The minimum atomic E-state index is -0.327. The lowest BCUT2D eigenvalue weighted by Gasteiger charge is -2.07. The van der Waals surface area contributed by atoms with Crippen LogP contribution in [0.1, 0.15) is 16.8 Å². The first-order valence-corrected chi connectivity index (χ1v) is 7.15. The summed E-state index contributed by atoms with van der Waals surface area (Å²) in [6.45, 7) is 1.34. The highest BCUT2D eigenvalue weighted by Gasteiger charge is 2.05. The number of benzene rings is 2. The van der Waals surface area contributed by atoms with Crippen molar-refractivity contribution in [2.75, 3.05) is 27.4 Å². The van der Waals surface area contributed by atoms with Gasteiger partial charge in [-0.05, 0) is 35.4 Å². The van der Waals surface area contributed by atoms with Crippen molar-refractivity contribution in [1.29, 1.82) is 0 Å². The molecular weight excluding hydrogens is 280 g/mol. The molecule has 0 N–H and O–H groups in total. The van der Waals surface area contributed by atoms with Crippen LogP contribution >= 0.6 is 0 Å². The Morgan fingerprint density at radius 2 is 1.45 bits per heavy atom. The summed E-state index contributed by atoms with van der Waals surface area (Å²) in [5, 5.41) is 0. The van der Waals surface area contributed by atoms with Crippen LogP contribution in [0.4, 0.5) is 0 Å². The van der Waals surface area contributed by atoms with Crippen LogP contribution in [-0.2, 0) is 9.47 Å². The molecule has 0 atom stereocenters. The summed E-state index contributed by atoms with van der Waals surface area (Å²) in [7, 11) is 3.06. The monoisotopic (exact) mass is 300 g/mol. The quantitative estimate of drug-likeness (QED) is 0.579. The Kier molecular flexibility index (Phi) is 5.98. The lowest BCUT2D eigenvalue weighted by molar-refractivity contribution is 0.0601. The van der Waals surface area contributed by atoms with Crippen molar-refractivity contribution < 1.29 is 19.0 Å². The first kappa shape index (κ1) is 16.0. The number of hydrogen-bond acceptors (Lipinski definition) is 4. The number of esters is 1. The van der Waals surface area contributed by atoms with Gasteiger partial charge in [0.2, 0.25) is 0 Å². The third kappa shape index (κ3) is 4.33. The van der Waals surface area contributed by atoms with E-state index in [1.807, 2.05) is 36.4 Å². The van der Waals surface area contributed by atoms with Gasteiger partial charge in [0.25, 0.3) is 0 Å². The smallest absolute Gasteiger partial charge is 0.337 e. The van der Waals surface area contributed by atoms with Crippen LogP contribution in [0.15, 0.2) is 48.5 Å².